The van der Waals surface area contributed by atoms with Crippen LogP contribution in [0.1, 0.15) is 6.42 Å². The molecule has 0 aromatic heterocycles. The molecule has 3 fully saturated rings. The van der Waals surface area contributed by atoms with E-state index in [1.165, 1.54) is 0 Å². The highest BCUT2D eigenvalue weighted by Gasteiger charge is 2.37. The first-order valence-electron chi connectivity index (χ1n) is 6.89. The van der Waals surface area contributed by atoms with Gasteiger partial charge in [-0.15, -0.1) is 0 Å². The van der Waals surface area contributed by atoms with Gasteiger partial charge in [0, 0.05) is 39.3 Å². The van der Waals surface area contributed by atoms with E-state index in [4.69, 9.17) is 4.74 Å². The number of ether oxygens (including phenoxy) is 1. The van der Waals surface area contributed by atoms with Crippen LogP contribution in [0.25, 0.3) is 0 Å². The molecule has 0 unspecified atom stereocenters. The maximum atomic E-state index is 12.4. The lowest BCUT2D eigenvalue weighted by Gasteiger charge is -2.43. The van der Waals surface area contributed by atoms with Crippen LogP contribution < -0.4 is 10.6 Å². The molecule has 0 radical (unpaired) electrons. The van der Waals surface area contributed by atoms with Gasteiger partial charge in [0.1, 0.15) is 6.61 Å². The Balaban J connectivity index is 1.59. The van der Waals surface area contributed by atoms with Crippen LogP contribution >= 0.6 is 0 Å². The Bertz CT molecular complexity index is 370. The number of hydrogen-bond acceptors (Lipinski definition) is 4. The zero-order valence-electron chi connectivity index (χ0n) is 10.9. The lowest BCUT2D eigenvalue weighted by atomic mass is 10.0. The summed E-state index contributed by atoms with van der Waals surface area (Å²) in [7, 11) is 0. The fraction of sp³-hybridized carbons (Fsp3) is 0.833. The van der Waals surface area contributed by atoms with Gasteiger partial charge in [-0.05, 0) is 6.42 Å². The molecule has 3 amide bonds. The van der Waals surface area contributed by atoms with Crippen molar-refractivity contribution in [1.82, 2.24) is 20.4 Å². The molecule has 106 valence electrons. The molecule has 2 atom stereocenters. The summed E-state index contributed by atoms with van der Waals surface area (Å²) >= 11 is 0. The average molecular weight is 268 g/mol. The number of urea groups is 1. The first kappa shape index (κ1) is 12.7. The fourth-order valence-corrected chi connectivity index (χ4v) is 2.93. The van der Waals surface area contributed by atoms with Crippen LogP contribution in [0.2, 0.25) is 0 Å². The van der Waals surface area contributed by atoms with Crippen molar-refractivity contribution in [2.24, 2.45) is 0 Å². The number of morpholine rings is 1. The molecule has 0 aliphatic carbocycles. The molecular weight excluding hydrogens is 248 g/mol. The van der Waals surface area contributed by atoms with Crippen molar-refractivity contribution in [3.8, 4) is 0 Å². The van der Waals surface area contributed by atoms with E-state index in [2.05, 4.69) is 10.6 Å². The van der Waals surface area contributed by atoms with Crippen LogP contribution in [-0.4, -0.2) is 79.8 Å². The molecule has 3 rings (SSSR count). The molecule has 3 saturated heterocycles. The van der Waals surface area contributed by atoms with Crippen molar-refractivity contribution < 1.29 is 14.3 Å². The van der Waals surface area contributed by atoms with Gasteiger partial charge in [0.05, 0.1) is 12.1 Å². The predicted octanol–water partition coefficient (Wildman–Crippen LogP) is -1.40. The zero-order valence-corrected chi connectivity index (χ0v) is 10.9. The summed E-state index contributed by atoms with van der Waals surface area (Å²) in [6.07, 6.45) is 0.854. The van der Waals surface area contributed by atoms with Crippen LogP contribution in [0.3, 0.4) is 0 Å². The number of fused-ring (bicyclic) bond motifs is 1. The fourth-order valence-electron chi connectivity index (χ4n) is 2.93. The summed E-state index contributed by atoms with van der Waals surface area (Å²) in [5, 5.41) is 6.15. The Labute approximate surface area is 112 Å². The summed E-state index contributed by atoms with van der Waals surface area (Å²) in [5.74, 6) is -0.0854. The minimum atomic E-state index is -0.0854. The van der Waals surface area contributed by atoms with Gasteiger partial charge in [-0.3, -0.25) is 4.79 Å². The van der Waals surface area contributed by atoms with Crippen molar-refractivity contribution >= 4 is 11.9 Å². The summed E-state index contributed by atoms with van der Waals surface area (Å²) in [6.45, 7) is 4.63. The molecule has 19 heavy (non-hydrogen) atoms. The number of amides is 3. The largest absolute Gasteiger partial charge is 0.366 e. The van der Waals surface area contributed by atoms with Gasteiger partial charge in [0.15, 0.2) is 0 Å². The molecule has 0 bridgehead atoms. The third-order valence-corrected chi connectivity index (χ3v) is 3.98. The average Bonchev–Trinajstić information content (AvgIpc) is 2.46. The second kappa shape index (κ2) is 5.34. The van der Waals surface area contributed by atoms with E-state index in [0.29, 0.717) is 13.1 Å². The van der Waals surface area contributed by atoms with Crippen LogP contribution in [-0.2, 0) is 9.53 Å². The van der Waals surface area contributed by atoms with E-state index < -0.39 is 0 Å². The summed E-state index contributed by atoms with van der Waals surface area (Å²) in [4.78, 5) is 27.4. The predicted molar refractivity (Wildman–Crippen MR) is 67.7 cm³/mol. The first-order valence-corrected chi connectivity index (χ1v) is 6.89. The van der Waals surface area contributed by atoms with Crippen molar-refractivity contribution in [2.75, 3.05) is 45.9 Å². The molecule has 7 nitrogen and oxygen atoms in total. The van der Waals surface area contributed by atoms with E-state index in [1.807, 2.05) is 9.80 Å². The summed E-state index contributed by atoms with van der Waals surface area (Å²) in [6, 6.07) is 0.0293. The minimum absolute atomic E-state index is 0.0538. The Hall–Kier alpha value is -1.34. The van der Waals surface area contributed by atoms with Gasteiger partial charge in [0.25, 0.3) is 0 Å². The SMILES string of the molecule is O=C1CO[C@H]2CCN(C(=O)N3CCNCC3)C[C@H]2N1. The summed E-state index contributed by atoms with van der Waals surface area (Å²) < 4.78 is 5.49. The highest BCUT2D eigenvalue weighted by Crippen LogP contribution is 2.18. The van der Waals surface area contributed by atoms with E-state index in [-0.39, 0.29) is 30.7 Å². The molecule has 0 aromatic rings. The highest BCUT2D eigenvalue weighted by molar-refractivity contribution is 5.79. The molecule has 0 spiro atoms. The Morgan fingerprint density at radius 3 is 2.79 bits per heavy atom. The normalized spacial score (nSPS) is 31.7. The Kier molecular flexibility index (Phi) is 3.56. The van der Waals surface area contributed by atoms with Crippen molar-refractivity contribution in [2.45, 2.75) is 18.6 Å². The van der Waals surface area contributed by atoms with E-state index in [0.717, 1.165) is 32.6 Å². The van der Waals surface area contributed by atoms with E-state index in [9.17, 15) is 9.59 Å². The van der Waals surface area contributed by atoms with E-state index in [1.54, 1.807) is 0 Å². The lowest BCUT2D eigenvalue weighted by Crippen LogP contribution is -2.63. The summed E-state index contributed by atoms with van der Waals surface area (Å²) in [5.41, 5.74) is 0. The number of piperidine rings is 1. The van der Waals surface area contributed by atoms with Gasteiger partial charge in [0.2, 0.25) is 5.91 Å². The van der Waals surface area contributed by atoms with Gasteiger partial charge < -0.3 is 25.2 Å². The Morgan fingerprint density at radius 2 is 2.00 bits per heavy atom. The number of piperazine rings is 1. The van der Waals surface area contributed by atoms with Crippen LogP contribution in [0.15, 0.2) is 0 Å². The quantitative estimate of drug-likeness (QED) is 0.567. The number of nitrogens with one attached hydrogen (secondary N) is 2. The molecular formula is C12H20N4O3. The Morgan fingerprint density at radius 1 is 1.21 bits per heavy atom. The molecule has 0 saturated carbocycles. The van der Waals surface area contributed by atoms with Gasteiger partial charge >= 0.3 is 6.03 Å². The van der Waals surface area contributed by atoms with Gasteiger partial charge in [-0.1, -0.05) is 0 Å². The second-order valence-corrected chi connectivity index (χ2v) is 5.28. The van der Waals surface area contributed by atoms with E-state index >= 15 is 0 Å². The molecule has 3 aliphatic heterocycles. The standard InChI is InChI=1S/C12H20N4O3/c17-11-8-19-10-1-4-16(7-9(10)14-11)12(18)15-5-2-13-3-6-15/h9-10,13H,1-8H2,(H,14,17)/t9-,10+/m1/s1. The maximum Gasteiger partial charge on any atom is 0.320 e. The number of rotatable bonds is 0. The molecule has 7 heteroatoms. The smallest absolute Gasteiger partial charge is 0.320 e. The van der Waals surface area contributed by atoms with Crippen molar-refractivity contribution in [3.05, 3.63) is 0 Å². The number of nitrogens with zero attached hydrogens (tertiary/aromatic N) is 2. The van der Waals surface area contributed by atoms with Gasteiger partial charge in [-0.2, -0.15) is 0 Å². The highest BCUT2D eigenvalue weighted by atomic mass is 16.5. The van der Waals surface area contributed by atoms with Crippen LogP contribution in [0.4, 0.5) is 4.79 Å². The zero-order chi connectivity index (χ0) is 13.2. The third-order valence-electron chi connectivity index (χ3n) is 3.98. The maximum absolute atomic E-state index is 12.4. The number of carbonyl (C=O) groups is 2. The minimum Gasteiger partial charge on any atom is -0.366 e. The third kappa shape index (κ3) is 2.66. The topological polar surface area (TPSA) is 73.9 Å². The van der Waals surface area contributed by atoms with Crippen molar-refractivity contribution in [1.29, 1.82) is 0 Å². The lowest BCUT2D eigenvalue weighted by molar-refractivity contribution is -0.139. The number of hydrogen-bond donors (Lipinski definition) is 2. The first-order chi connectivity index (χ1) is 9.24. The second-order valence-electron chi connectivity index (χ2n) is 5.28. The molecule has 3 aliphatic rings. The van der Waals surface area contributed by atoms with Gasteiger partial charge in [-0.25, -0.2) is 4.79 Å². The molecule has 0 aromatic carbocycles. The number of likely N-dealkylation sites (tertiary alicyclic amines) is 1. The monoisotopic (exact) mass is 268 g/mol. The van der Waals surface area contributed by atoms with Crippen LogP contribution in [0.5, 0.6) is 0 Å². The number of carbonyl (C=O) groups excluding carboxylic acids is 2. The molecule has 3 heterocycles. The van der Waals surface area contributed by atoms with Crippen molar-refractivity contribution in [3.63, 3.8) is 0 Å². The van der Waals surface area contributed by atoms with Crippen LogP contribution in [0, 0.1) is 0 Å². The molecule has 2 N–H and O–H groups in total.